The second-order valence-electron chi connectivity index (χ2n) is 3.43. The first-order valence-electron chi connectivity index (χ1n) is 4.42. The van der Waals surface area contributed by atoms with Gasteiger partial charge in [0.1, 0.15) is 5.51 Å². The summed E-state index contributed by atoms with van der Waals surface area (Å²) in [6.07, 6.45) is 1.23. The molecule has 2 rings (SSSR count). The maximum Gasteiger partial charge on any atom is 0.293 e. The fraction of sp³-hybridized carbons (Fsp3) is 0.750. The SMILES string of the molecule is CN1CCC(COc2nncs2)C1. The Kier molecular flexibility index (Phi) is 2.75. The predicted molar refractivity (Wildman–Crippen MR) is 51.0 cm³/mol. The maximum absolute atomic E-state index is 5.50. The van der Waals surface area contributed by atoms with Gasteiger partial charge >= 0.3 is 0 Å². The van der Waals surface area contributed by atoms with Crippen LogP contribution in [0, 0.1) is 5.92 Å². The van der Waals surface area contributed by atoms with Crippen LogP contribution in [0.25, 0.3) is 0 Å². The number of likely N-dealkylation sites (tertiary alicyclic amines) is 1. The van der Waals surface area contributed by atoms with Crippen LogP contribution < -0.4 is 4.74 Å². The van der Waals surface area contributed by atoms with Gasteiger partial charge in [0.2, 0.25) is 0 Å². The molecule has 4 nitrogen and oxygen atoms in total. The van der Waals surface area contributed by atoms with Gasteiger partial charge in [-0.2, -0.15) is 0 Å². The lowest BCUT2D eigenvalue weighted by molar-refractivity contribution is 0.246. The van der Waals surface area contributed by atoms with Crippen LogP contribution in [0.3, 0.4) is 0 Å². The fourth-order valence-corrected chi connectivity index (χ4v) is 1.99. The molecular weight excluding hydrogens is 186 g/mol. The molecule has 0 aromatic carbocycles. The molecule has 1 atom stereocenters. The van der Waals surface area contributed by atoms with Crippen molar-refractivity contribution in [3.63, 3.8) is 0 Å². The van der Waals surface area contributed by atoms with Crippen molar-refractivity contribution < 1.29 is 4.74 Å². The molecule has 0 radical (unpaired) electrons. The molecule has 0 spiro atoms. The van der Waals surface area contributed by atoms with Gasteiger partial charge in [-0.25, -0.2) is 0 Å². The quantitative estimate of drug-likeness (QED) is 0.724. The van der Waals surface area contributed by atoms with Crippen molar-refractivity contribution in [2.45, 2.75) is 6.42 Å². The molecule has 5 heteroatoms. The largest absolute Gasteiger partial charge is 0.469 e. The zero-order valence-electron chi connectivity index (χ0n) is 7.64. The van der Waals surface area contributed by atoms with Gasteiger partial charge in [0.15, 0.2) is 0 Å². The number of ether oxygens (including phenoxy) is 1. The summed E-state index contributed by atoms with van der Waals surface area (Å²) in [7, 11) is 2.14. The molecule has 0 saturated carbocycles. The van der Waals surface area contributed by atoms with E-state index in [1.807, 2.05) is 0 Å². The van der Waals surface area contributed by atoms with E-state index in [4.69, 9.17) is 4.74 Å². The Morgan fingerprint density at radius 1 is 1.77 bits per heavy atom. The minimum atomic E-state index is 0.661. The lowest BCUT2D eigenvalue weighted by atomic mass is 10.1. The van der Waals surface area contributed by atoms with Gasteiger partial charge in [-0.1, -0.05) is 11.3 Å². The second-order valence-corrected chi connectivity index (χ2v) is 4.23. The highest BCUT2D eigenvalue weighted by molar-refractivity contribution is 7.11. The van der Waals surface area contributed by atoms with E-state index in [1.54, 1.807) is 5.51 Å². The summed E-state index contributed by atoms with van der Waals surface area (Å²) in [6, 6.07) is 0. The zero-order chi connectivity index (χ0) is 9.10. The van der Waals surface area contributed by atoms with E-state index in [-0.39, 0.29) is 0 Å². The predicted octanol–water partition coefficient (Wildman–Crippen LogP) is 0.869. The number of aromatic nitrogens is 2. The Labute approximate surface area is 81.5 Å². The molecule has 1 aromatic heterocycles. The average Bonchev–Trinajstić information content (AvgIpc) is 2.71. The third-order valence-corrected chi connectivity index (χ3v) is 2.87. The summed E-state index contributed by atoms with van der Waals surface area (Å²) in [5.74, 6) is 0.661. The van der Waals surface area contributed by atoms with E-state index >= 15 is 0 Å². The van der Waals surface area contributed by atoms with Gasteiger partial charge in [0.25, 0.3) is 5.19 Å². The molecule has 2 heterocycles. The number of hydrogen-bond acceptors (Lipinski definition) is 5. The topological polar surface area (TPSA) is 38.2 Å². The molecule has 0 bridgehead atoms. The summed E-state index contributed by atoms with van der Waals surface area (Å²) in [4.78, 5) is 2.33. The van der Waals surface area contributed by atoms with E-state index in [0.29, 0.717) is 11.1 Å². The molecule has 1 aromatic rings. The van der Waals surface area contributed by atoms with Crippen LogP contribution in [0.5, 0.6) is 5.19 Å². The van der Waals surface area contributed by atoms with Gasteiger partial charge in [-0.05, 0) is 20.0 Å². The Balaban J connectivity index is 1.74. The van der Waals surface area contributed by atoms with E-state index in [9.17, 15) is 0 Å². The highest BCUT2D eigenvalue weighted by Gasteiger charge is 2.20. The molecule has 1 unspecified atom stereocenters. The van der Waals surface area contributed by atoms with Gasteiger partial charge in [0, 0.05) is 12.5 Å². The minimum Gasteiger partial charge on any atom is -0.469 e. The van der Waals surface area contributed by atoms with Crippen LogP contribution in [-0.2, 0) is 0 Å². The van der Waals surface area contributed by atoms with Crippen molar-refractivity contribution in [3.8, 4) is 5.19 Å². The summed E-state index contributed by atoms with van der Waals surface area (Å²) in [6.45, 7) is 3.10. The second kappa shape index (κ2) is 4.02. The monoisotopic (exact) mass is 199 g/mol. The van der Waals surface area contributed by atoms with Gasteiger partial charge < -0.3 is 9.64 Å². The molecule has 0 aliphatic carbocycles. The van der Waals surface area contributed by atoms with E-state index in [0.717, 1.165) is 13.2 Å². The number of rotatable bonds is 3. The van der Waals surface area contributed by atoms with Crippen LogP contribution in [0.2, 0.25) is 0 Å². The van der Waals surface area contributed by atoms with Crippen LogP contribution in [-0.4, -0.2) is 41.8 Å². The zero-order valence-corrected chi connectivity index (χ0v) is 8.46. The minimum absolute atomic E-state index is 0.661. The van der Waals surface area contributed by atoms with Crippen LogP contribution in [0.15, 0.2) is 5.51 Å². The van der Waals surface area contributed by atoms with Crippen LogP contribution >= 0.6 is 11.3 Å². The first-order chi connectivity index (χ1) is 6.34. The average molecular weight is 199 g/mol. The molecule has 0 N–H and O–H groups in total. The number of nitrogens with zero attached hydrogens (tertiary/aromatic N) is 3. The highest BCUT2D eigenvalue weighted by atomic mass is 32.1. The Bertz CT molecular complexity index is 252. The van der Waals surface area contributed by atoms with Crippen molar-refractivity contribution in [3.05, 3.63) is 5.51 Å². The summed E-state index contributed by atoms with van der Waals surface area (Å²) >= 11 is 1.45. The summed E-state index contributed by atoms with van der Waals surface area (Å²) in [5.41, 5.74) is 1.69. The lowest BCUT2D eigenvalue weighted by Gasteiger charge is -2.09. The molecule has 1 saturated heterocycles. The Morgan fingerprint density at radius 3 is 3.31 bits per heavy atom. The van der Waals surface area contributed by atoms with Gasteiger partial charge in [-0.15, -0.1) is 10.2 Å². The van der Waals surface area contributed by atoms with Crippen LogP contribution in [0.1, 0.15) is 6.42 Å². The molecule has 1 aliphatic rings. The Morgan fingerprint density at radius 2 is 2.69 bits per heavy atom. The lowest BCUT2D eigenvalue weighted by Crippen LogP contribution is -2.17. The van der Waals surface area contributed by atoms with Crippen molar-refractivity contribution in [2.24, 2.45) is 5.92 Å². The van der Waals surface area contributed by atoms with Crippen molar-refractivity contribution in [1.29, 1.82) is 0 Å². The third kappa shape index (κ3) is 2.38. The van der Waals surface area contributed by atoms with Crippen molar-refractivity contribution in [1.82, 2.24) is 15.1 Å². The third-order valence-electron chi connectivity index (χ3n) is 2.27. The van der Waals surface area contributed by atoms with Crippen molar-refractivity contribution in [2.75, 3.05) is 26.7 Å². The molecule has 1 fully saturated rings. The van der Waals surface area contributed by atoms with E-state index < -0.39 is 0 Å². The summed E-state index contributed by atoms with van der Waals surface area (Å²) in [5, 5.41) is 8.23. The molecule has 0 amide bonds. The van der Waals surface area contributed by atoms with Gasteiger partial charge in [-0.3, -0.25) is 0 Å². The fourth-order valence-electron chi connectivity index (χ4n) is 1.58. The highest BCUT2D eigenvalue weighted by Crippen LogP contribution is 2.17. The smallest absolute Gasteiger partial charge is 0.293 e. The summed E-state index contributed by atoms with van der Waals surface area (Å²) < 4.78 is 5.50. The maximum atomic E-state index is 5.50. The standard InChI is InChI=1S/C8H13N3OS/c1-11-3-2-7(4-11)5-12-8-10-9-6-13-8/h6-7H,2-5H2,1H3. The van der Waals surface area contributed by atoms with E-state index in [2.05, 4.69) is 22.1 Å². The molecule has 72 valence electrons. The molecular formula is C8H13N3OS. The van der Waals surface area contributed by atoms with Crippen LogP contribution in [0.4, 0.5) is 0 Å². The normalized spacial score (nSPS) is 23.6. The first-order valence-corrected chi connectivity index (χ1v) is 5.30. The molecule has 13 heavy (non-hydrogen) atoms. The van der Waals surface area contributed by atoms with E-state index in [1.165, 1.54) is 24.3 Å². The number of hydrogen-bond donors (Lipinski definition) is 0. The van der Waals surface area contributed by atoms with Gasteiger partial charge in [0.05, 0.1) is 6.61 Å². The van der Waals surface area contributed by atoms with Crippen molar-refractivity contribution >= 4 is 11.3 Å². The molecule has 1 aliphatic heterocycles. The Hall–Kier alpha value is -0.680. The first kappa shape index (κ1) is 8.90.